The molecule has 0 saturated heterocycles. The molecular formula is C13H10BrN5O. The summed E-state index contributed by atoms with van der Waals surface area (Å²) in [5.74, 6) is -0.474. The summed E-state index contributed by atoms with van der Waals surface area (Å²) in [6.07, 6.45) is 3.17. The van der Waals surface area contributed by atoms with Gasteiger partial charge in [-0.3, -0.25) is 9.48 Å². The van der Waals surface area contributed by atoms with E-state index in [1.54, 1.807) is 23.0 Å². The third kappa shape index (κ3) is 2.16. The number of nitrogens with zero attached hydrogens (tertiary/aromatic N) is 4. The second-order valence-corrected chi connectivity index (χ2v) is 4.96. The van der Waals surface area contributed by atoms with Crippen LogP contribution in [0.4, 0.5) is 0 Å². The van der Waals surface area contributed by atoms with Gasteiger partial charge in [-0.15, -0.1) is 0 Å². The Balaban J connectivity index is 2.14. The molecule has 1 aromatic carbocycles. The number of carbonyl (C=O) groups is 1. The molecule has 2 N–H and O–H groups in total. The third-order valence-corrected chi connectivity index (χ3v) is 3.51. The zero-order chi connectivity index (χ0) is 14.1. The molecule has 3 rings (SSSR count). The molecule has 0 radical (unpaired) electrons. The number of hydrogen-bond donors (Lipinski definition) is 1. The zero-order valence-corrected chi connectivity index (χ0v) is 11.9. The fourth-order valence-corrected chi connectivity index (χ4v) is 2.68. The van der Waals surface area contributed by atoms with Crippen LogP contribution in [0.25, 0.3) is 10.9 Å². The average molecular weight is 332 g/mol. The van der Waals surface area contributed by atoms with E-state index in [4.69, 9.17) is 5.73 Å². The van der Waals surface area contributed by atoms with Crippen molar-refractivity contribution in [3.8, 4) is 0 Å². The van der Waals surface area contributed by atoms with Gasteiger partial charge in [0.25, 0.3) is 0 Å². The van der Waals surface area contributed by atoms with E-state index < -0.39 is 5.91 Å². The fraction of sp³-hybridized carbons (Fsp3) is 0.0769. The van der Waals surface area contributed by atoms with E-state index in [0.29, 0.717) is 22.1 Å². The molecule has 0 spiro atoms. The van der Waals surface area contributed by atoms with Crippen molar-refractivity contribution in [1.82, 2.24) is 19.7 Å². The van der Waals surface area contributed by atoms with Gasteiger partial charge in [-0.1, -0.05) is 6.07 Å². The lowest BCUT2D eigenvalue weighted by Crippen LogP contribution is -2.11. The highest BCUT2D eigenvalue weighted by Gasteiger charge is 2.15. The van der Waals surface area contributed by atoms with E-state index in [2.05, 4.69) is 31.0 Å². The summed E-state index contributed by atoms with van der Waals surface area (Å²) in [6.45, 7) is 0.493. The molecule has 0 aliphatic rings. The maximum Gasteiger partial charge on any atom is 0.249 e. The highest BCUT2D eigenvalue weighted by Crippen LogP contribution is 2.27. The largest absolute Gasteiger partial charge is 0.366 e. The average Bonchev–Trinajstić information content (AvgIpc) is 2.77. The Labute approximate surface area is 122 Å². The molecule has 7 heteroatoms. The van der Waals surface area contributed by atoms with Gasteiger partial charge in [0, 0.05) is 11.6 Å². The molecule has 0 atom stereocenters. The van der Waals surface area contributed by atoms with E-state index in [-0.39, 0.29) is 0 Å². The van der Waals surface area contributed by atoms with Gasteiger partial charge in [0.1, 0.15) is 10.9 Å². The molecule has 0 aliphatic heterocycles. The predicted molar refractivity (Wildman–Crippen MR) is 77.1 cm³/mol. The van der Waals surface area contributed by atoms with Crippen LogP contribution in [-0.2, 0) is 6.54 Å². The first-order chi connectivity index (χ1) is 9.66. The van der Waals surface area contributed by atoms with Gasteiger partial charge in [0.15, 0.2) is 0 Å². The molecule has 3 aromatic rings. The van der Waals surface area contributed by atoms with Crippen LogP contribution in [0.2, 0.25) is 0 Å². The van der Waals surface area contributed by atoms with Gasteiger partial charge in [-0.25, -0.2) is 9.97 Å². The van der Waals surface area contributed by atoms with Crippen molar-refractivity contribution in [2.24, 2.45) is 5.73 Å². The maximum absolute atomic E-state index is 11.5. The van der Waals surface area contributed by atoms with Crippen LogP contribution in [0.15, 0.2) is 41.4 Å². The minimum atomic E-state index is -0.474. The predicted octanol–water partition coefficient (Wildman–Crippen LogP) is 1.74. The fourth-order valence-electron chi connectivity index (χ4n) is 2.07. The van der Waals surface area contributed by atoms with Gasteiger partial charge >= 0.3 is 0 Å². The van der Waals surface area contributed by atoms with Crippen LogP contribution in [0.3, 0.4) is 0 Å². The van der Waals surface area contributed by atoms with E-state index in [1.165, 1.54) is 6.33 Å². The molecule has 2 aromatic heterocycles. The number of carbonyl (C=O) groups excluding carboxylic acids is 1. The number of benzene rings is 1. The molecule has 0 unspecified atom stereocenters. The van der Waals surface area contributed by atoms with Crippen molar-refractivity contribution in [1.29, 1.82) is 0 Å². The number of rotatable bonds is 3. The second kappa shape index (κ2) is 5.01. The van der Waals surface area contributed by atoms with Gasteiger partial charge in [-0.2, -0.15) is 5.10 Å². The lowest BCUT2D eigenvalue weighted by atomic mass is 10.1. The molecule has 20 heavy (non-hydrogen) atoms. The number of fused-ring (bicyclic) bond motifs is 1. The molecular weight excluding hydrogens is 322 g/mol. The molecule has 0 aliphatic carbocycles. The normalized spacial score (nSPS) is 10.8. The summed E-state index contributed by atoms with van der Waals surface area (Å²) in [5.41, 5.74) is 7.50. The number of aromatic nitrogens is 4. The number of amides is 1. The SMILES string of the molecule is NC(=O)c1cccc2c1c(Br)nn2Cc1ccncn1. The van der Waals surface area contributed by atoms with E-state index in [1.807, 2.05) is 12.1 Å². The van der Waals surface area contributed by atoms with Gasteiger partial charge < -0.3 is 5.73 Å². The molecule has 0 fully saturated rings. The lowest BCUT2D eigenvalue weighted by Gasteiger charge is -2.03. The number of primary amides is 1. The van der Waals surface area contributed by atoms with E-state index in [9.17, 15) is 4.79 Å². The highest BCUT2D eigenvalue weighted by atomic mass is 79.9. The Morgan fingerprint density at radius 3 is 2.90 bits per heavy atom. The summed E-state index contributed by atoms with van der Waals surface area (Å²) < 4.78 is 2.37. The Morgan fingerprint density at radius 2 is 2.20 bits per heavy atom. The Bertz CT molecular complexity index is 784. The monoisotopic (exact) mass is 331 g/mol. The van der Waals surface area contributed by atoms with Crippen molar-refractivity contribution in [2.75, 3.05) is 0 Å². The highest BCUT2D eigenvalue weighted by molar-refractivity contribution is 9.10. The van der Waals surface area contributed by atoms with Crippen LogP contribution in [-0.4, -0.2) is 25.7 Å². The van der Waals surface area contributed by atoms with Crippen LogP contribution in [0, 0.1) is 0 Å². The molecule has 1 amide bonds. The van der Waals surface area contributed by atoms with E-state index in [0.717, 1.165) is 11.2 Å². The first-order valence-corrected chi connectivity index (χ1v) is 6.66. The van der Waals surface area contributed by atoms with Crippen molar-refractivity contribution >= 4 is 32.7 Å². The number of hydrogen-bond acceptors (Lipinski definition) is 4. The quantitative estimate of drug-likeness (QED) is 0.791. The summed E-state index contributed by atoms with van der Waals surface area (Å²) in [7, 11) is 0. The minimum Gasteiger partial charge on any atom is -0.366 e. The van der Waals surface area contributed by atoms with Crippen LogP contribution in [0.1, 0.15) is 16.1 Å². The number of halogens is 1. The minimum absolute atomic E-state index is 0.448. The van der Waals surface area contributed by atoms with Crippen molar-refractivity contribution in [3.05, 3.63) is 52.7 Å². The Kier molecular flexibility index (Phi) is 3.19. The summed E-state index contributed by atoms with van der Waals surface area (Å²) in [4.78, 5) is 19.5. The molecule has 0 saturated carbocycles. The van der Waals surface area contributed by atoms with Gasteiger partial charge in [0.2, 0.25) is 5.91 Å². The Hall–Kier alpha value is -2.28. The van der Waals surface area contributed by atoms with Crippen LogP contribution >= 0.6 is 15.9 Å². The standard InChI is InChI=1S/C13H10BrN5O/c14-12-11-9(13(15)20)2-1-3-10(11)19(18-12)6-8-4-5-16-7-17-8/h1-5,7H,6H2,(H2,15,20). The summed E-state index contributed by atoms with van der Waals surface area (Å²) in [5, 5.41) is 5.11. The first-order valence-electron chi connectivity index (χ1n) is 5.86. The molecule has 6 nitrogen and oxygen atoms in total. The van der Waals surface area contributed by atoms with E-state index >= 15 is 0 Å². The summed E-state index contributed by atoms with van der Waals surface area (Å²) >= 11 is 3.38. The van der Waals surface area contributed by atoms with Gasteiger partial charge in [0.05, 0.1) is 23.3 Å². The third-order valence-electron chi connectivity index (χ3n) is 2.96. The van der Waals surface area contributed by atoms with Crippen molar-refractivity contribution < 1.29 is 4.79 Å². The summed E-state index contributed by atoms with van der Waals surface area (Å²) in [6, 6.07) is 7.18. The lowest BCUT2D eigenvalue weighted by molar-refractivity contribution is 0.100. The topological polar surface area (TPSA) is 86.7 Å². The van der Waals surface area contributed by atoms with Crippen molar-refractivity contribution in [3.63, 3.8) is 0 Å². The first kappa shape index (κ1) is 12.7. The molecule has 100 valence electrons. The smallest absolute Gasteiger partial charge is 0.249 e. The Morgan fingerprint density at radius 1 is 1.35 bits per heavy atom. The van der Waals surface area contributed by atoms with Crippen molar-refractivity contribution in [2.45, 2.75) is 6.54 Å². The molecule has 0 bridgehead atoms. The zero-order valence-electron chi connectivity index (χ0n) is 10.3. The van der Waals surface area contributed by atoms with Crippen LogP contribution < -0.4 is 5.73 Å². The molecule has 2 heterocycles. The van der Waals surface area contributed by atoms with Gasteiger partial charge in [-0.05, 0) is 34.1 Å². The maximum atomic E-state index is 11.5. The number of nitrogens with two attached hydrogens (primary N) is 1. The second-order valence-electron chi connectivity index (χ2n) is 4.21. The van der Waals surface area contributed by atoms with Crippen LogP contribution in [0.5, 0.6) is 0 Å².